The number of rotatable bonds is 0. The molecule has 0 saturated heterocycles. The van der Waals surface area contributed by atoms with Crippen molar-refractivity contribution in [3.05, 3.63) is 29.0 Å². The molecule has 0 saturated carbocycles. The molecule has 0 unspecified atom stereocenters. The summed E-state index contributed by atoms with van der Waals surface area (Å²) in [6.07, 6.45) is 1.49. The van der Waals surface area contributed by atoms with Gasteiger partial charge in [0.1, 0.15) is 4.64 Å². The van der Waals surface area contributed by atoms with E-state index in [0.717, 1.165) is 4.73 Å². The van der Waals surface area contributed by atoms with E-state index in [0.29, 0.717) is 4.64 Å². The second-order valence-corrected chi connectivity index (χ2v) is 1.80. The van der Waals surface area contributed by atoms with Crippen molar-refractivity contribution < 1.29 is 22.3 Å². The average Bonchev–Trinajstić information content (AvgIpc) is 1.77. The van der Waals surface area contributed by atoms with E-state index in [-0.39, 0.29) is 17.1 Å². The summed E-state index contributed by atoms with van der Waals surface area (Å²) < 4.78 is 1.32. The van der Waals surface area contributed by atoms with Gasteiger partial charge in [-0.05, 0) is 12.1 Å². The van der Waals surface area contributed by atoms with Gasteiger partial charge in [-0.15, -0.1) is 0 Å². The summed E-state index contributed by atoms with van der Waals surface area (Å²) in [5.41, 5.74) is 0. The molecular weight excluding hydrogens is 178 g/mol. The number of aromatic nitrogens is 1. The summed E-state index contributed by atoms with van der Waals surface area (Å²) in [6, 6.07) is 5.13. The molecule has 9 heavy (non-hydrogen) atoms. The molecule has 0 bridgehead atoms. The van der Waals surface area contributed by atoms with Gasteiger partial charge in [-0.25, -0.2) is 0 Å². The Bertz CT molecular complexity index is 234. The second kappa shape index (κ2) is 3.67. The molecule has 2 nitrogen and oxygen atoms in total. The maximum absolute atomic E-state index is 8.73. The van der Waals surface area contributed by atoms with Crippen molar-refractivity contribution in [3.8, 4) is 0 Å². The van der Waals surface area contributed by atoms with Gasteiger partial charge in [0.2, 0.25) is 0 Å². The van der Waals surface area contributed by atoms with Crippen molar-refractivity contribution in [2.75, 3.05) is 0 Å². The van der Waals surface area contributed by atoms with E-state index < -0.39 is 0 Å². The van der Waals surface area contributed by atoms with E-state index in [1.165, 1.54) is 6.20 Å². The van der Waals surface area contributed by atoms with Crippen LogP contribution < -0.4 is 0 Å². The summed E-state index contributed by atoms with van der Waals surface area (Å²) >= 11 is 4.67. The molecular formula is C5H5FeNOS. The smallest absolute Gasteiger partial charge is 0.142 e. The summed E-state index contributed by atoms with van der Waals surface area (Å²) in [5.74, 6) is 0. The Morgan fingerprint density at radius 2 is 2.11 bits per heavy atom. The van der Waals surface area contributed by atoms with Crippen LogP contribution in [0, 0.1) is 4.64 Å². The maximum atomic E-state index is 8.73. The molecule has 0 spiro atoms. The van der Waals surface area contributed by atoms with Gasteiger partial charge in [0.15, 0.2) is 0 Å². The average molecular weight is 183 g/mol. The topological polar surface area (TPSA) is 25.2 Å². The van der Waals surface area contributed by atoms with Crippen LogP contribution in [0.4, 0.5) is 0 Å². The maximum Gasteiger partial charge on any atom is 0.142 e. The first kappa shape index (κ1) is 8.69. The summed E-state index contributed by atoms with van der Waals surface area (Å²) in [7, 11) is 0. The molecule has 0 radical (unpaired) electrons. The van der Waals surface area contributed by atoms with E-state index in [9.17, 15) is 0 Å². The molecule has 0 aliphatic rings. The van der Waals surface area contributed by atoms with Crippen LogP contribution in [0.15, 0.2) is 24.4 Å². The number of hydrogen-bond donors (Lipinski definition) is 1. The SMILES string of the molecule is On1ccccc1=S.[Fe]. The van der Waals surface area contributed by atoms with Gasteiger partial charge in [0.05, 0.1) is 0 Å². The minimum absolute atomic E-state index is 0. The first-order valence-corrected chi connectivity index (χ1v) is 2.58. The molecule has 1 heterocycles. The second-order valence-electron chi connectivity index (χ2n) is 1.38. The minimum Gasteiger partial charge on any atom is -0.428 e. The monoisotopic (exact) mass is 183 g/mol. The van der Waals surface area contributed by atoms with Gasteiger partial charge in [0, 0.05) is 23.3 Å². The molecule has 0 atom stereocenters. The summed E-state index contributed by atoms with van der Waals surface area (Å²) in [4.78, 5) is 0. The fourth-order valence-corrected chi connectivity index (χ4v) is 0.558. The standard InChI is InChI=1S/C5H5NOS.Fe/c7-6-4-2-1-3-5(6)8;/h1-4,7H;. The Morgan fingerprint density at radius 3 is 2.44 bits per heavy atom. The zero-order valence-electron chi connectivity index (χ0n) is 4.47. The summed E-state index contributed by atoms with van der Waals surface area (Å²) in [5, 5.41) is 8.73. The molecule has 4 heteroatoms. The van der Waals surface area contributed by atoms with Crippen LogP contribution in [0.3, 0.4) is 0 Å². The molecule has 0 aliphatic heterocycles. The van der Waals surface area contributed by atoms with Crippen molar-refractivity contribution in [2.45, 2.75) is 0 Å². The molecule has 50 valence electrons. The fourth-order valence-electron chi connectivity index (χ4n) is 0.419. The van der Waals surface area contributed by atoms with Gasteiger partial charge >= 0.3 is 0 Å². The molecule has 1 aromatic rings. The molecule has 0 fully saturated rings. The van der Waals surface area contributed by atoms with E-state index in [2.05, 4.69) is 12.2 Å². The third-order valence-corrected chi connectivity index (χ3v) is 1.13. The van der Waals surface area contributed by atoms with Crippen molar-refractivity contribution in [3.63, 3.8) is 0 Å². The van der Waals surface area contributed by atoms with E-state index in [4.69, 9.17) is 5.21 Å². The first-order chi connectivity index (χ1) is 3.80. The van der Waals surface area contributed by atoms with Crippen LogP contribution in [0.2, 0.25) is 0 Å². The third kappa shape index (κ3) is 2.18. The normalized spacial score (nSPS) is 8.00. The van der Waals surface area contributed by atoms with Gasteiger partial charge in [-0.1, -0.05) is 18.3 Å². The van der Waals surface area contributed by atoms with Crippen LogP contribution in [0.1, 0.15) is 0 Å². The zero-order chi connectivity index (χ0) is 5.98. The van der Waals surface area contributed by atoms with Gasteiger partial charge < -0.3 is 5.21 Å². The molecule has 1 N–H and O–H groups in total. The molecule has 0 aliphatic carbocycles. The van der Waals surface area contributed by atoms with Gasteiger partial charge in [0.25, 0.3) is 0 Å². The number of hydrogen-bond acceptors (Lipinski definition) is 2. The van der Waals surface area contributed by atoms with Gasteiger partial charge in [-0.2, -0.15) is 4.73 Å². The first-order valence-electron chi connectivity index (χ1n) is 2.17. The van der Waals surface area contributed by atoms with Crippen LogP contribution in [0.25, 0.3) is 0 Å². The minimum atomic E-state index is 0. The van der Waals surface area contributed by atoms with Crippen molar-refractivity contribution in [2.24, 2.45) is 0 Å². The van der Waals surface area contributed by atoms with Crippen LogP contribution in [-0.4, -0.2) is 9.94 Å². The Balaban J connectivity index is 0.000000640. The summed E-state index contributed by atoms with van der Waals surface area (Å²) in [6.45, 7) is 0. The Kier molecular flexibility index (Phi) is 3.54. The molecule has 0 amide bonds. The van der Waals surface area contributed by atoms with E-state index in [1.807, 2.05) is 0 Å². The van der Waals surface area contributed by atoms with Gasteiger partial charge in [-0.3, -0.25) is 0 Å². The van der Waals surface area contributed by atoms with E-state index in [1.54, 1.807) is 18.2 Å². The van der Waals surface area contributed by atoms with Crippen molar-refractivity contribution >= 4 is 12.2 Å². The Morgan fingerprint density at radius 1 is 1.44 bits per heavy atom. The van der Waals surface area contributed by atoms with Crippen LogP contribution >= 0.6 is 12.2 Å². The predicted octanol–water partition coefficient (Wildman–Crippen LogP) is 1.45. The Hall–Kier alpha value is -0.311. The quantitative estimate of drug-likeness (QED) is 0.374. The van der Waals surface area contributed by atoms with Crippen molar-refractivity contribution in [1.82, 2.24) is 4.73 Å². The van der Waals surface area contributed by atoms with Crippen LogP contribution in [-0.2, 0) is 17.1 Å². The van der Waals surface area contributed by atoms with Crippen molar-refractivity contribution in [1.29, 1.82) is 0 Å². The largest absolute Gasteiger partial charge is 0.428 e. The molecule has 1 aromatic heterocycles. The molecule has 1 rings (SSSR count). The number of nitrogens with zero attached hydrogens (tertiary/aromatic N) is 1. The third-order valence-electron chi connectivity index (χ3n) is 0.803. The van der Waals surface area contributed by atoms with Crippen LogP contribution in [0.5, 0.6) is 0 Å². The van der Waals surface area contributed by atoms with E-state index >= 15 is 0 Å². The molecule has 0 aromatic carbocycles. The predicted molar refractivity (Wildman–Crippen MR) is 32.5 cm³/mol. The Labute approximate surface area is 68.6 Å². The fraction of sp³-hybridized carbons (Fsp3) is 0. The number of pyridine rings is 1. The zero-order valence-corrected chi connectivity index (χ0v) is 6.39.